The van der Waals surface area contributed by atoms with Crippen molar-refractivity contribution < 1.29 is 35.5 Å². The number of alkyl halides is 5. The van der Waals surface area contributed by atoms with Crippen LogP contribution >= 0.6 is 11.6 Å². The molecular formula is C26H17ClF5N5O3S. The zero-order valence-corrected chi connectivity index (χ0v) is 22.3. The lowest BCUT2D eigenvalue weighted by Crippen LogP contribution is -2.16. The Morgan fingerprint density at radius 3 is 2.29 bits per heavy atom. The van der Waals surface area contributed by atoms with E-state index in [1.807, 2.05) is 0 Å². The summed E-state index contributed by atoms with van der Waals surface area (Å²) in [7, 11) is 0. The molecule has 8 nitrogen and oxygen atoms in total. The smallest absolute Gasteiger partial charge is 0.406 e. The number of benzene rings is 3. The molecule has 1 unspecified atom stereocenters. The predicted molar refractivity (Wildman–Crippen MR) is 140 cm³/mol. The molecule has 1 atom stereocenters. The van der Waals surface area contributed by atoms with Crippen LogP contribution in [0.25, 0.3) is 33.8 Å². The van der Waals surface area contributed by atoms with E-state index in [0.29, 0.717) is 33.8 Å². The Morgan fingerprint density at radius 2 is 1.66 bits per heavy atom. The van der Waals surface area contributed by atoms with Crippen LogP contribution in [0.15, 0.2) is 77.8 Å². The van der Waals surface area contributed by atoms with Crippen LogP contribution in [0.2, 0.25) is 5.15 Å². The zero-order valence-electron chi connectivity index (χ0n) is 20.7. The van der Waals surface area contributed by atoms with Crippen LogP contribution < -0.4 is 4.74 Å². The summed E-state index contributed by atoms with van der Waals surface area (Å²) in [5.74, 6) is -0.267. The zero-order chi connectivity index (χ0) is 29.5. The molecule has 0 fully saturated rings. The molecule has 41 heavy (non-hydrogen) atoms. The number of ether oxygens (including phenoxy) is 1. The maximum absolute atomic E-state index is 13.6. The summed E-state index contributed by atoms with van der Waals surface area (Å²) in [6.45, 7) is 1.50. The highest BCUT2D eigenvalue weighted by Gasteiger charge is 2.31. The Bertz CT molecular complexity index is 1760. The third kappa shape index (κ3) is 5.85. The first-order chi connectivity index (χ1) is 19.4. The summed E-state index contributed by atoms with van der Waals surface area (Å²) >= 11 is 4.10. The molecule has 1 N–H and O–H groups in total. The van der Waals surface area contributed by atoms with Gasteiger partial charge in [0, 0.05) is 5.56 Å². The van der Waals surface area contributed by atoms with Crippen molar-refractivity contribution in [2.24, 2.45) is 0 Å². The van der Waals surface area contributed by atoms with Gasteiger partial charge in [-0.25, -0.2) is 22.7 Å². The second-order valence-corrected chi connectivity index (χ2v) is 9.88. The van der Waals surface area contributed by atoms with Gasteiger partial charge in [-0.2, -0.15) is 0 Å². The highest BCUT2D eigenvalue weighted by Crippen LogP contribution is 2.36. The topological polar surface area (TPSA) is 95.1 Å². The number of rotatable bonds is 7. The van der Waals surface area contributed by atoms with E-state index in [1.54, 1.807) is 30.3 Å². The van der Waals surface area contributed by atoms with Gasteiger partial charge < -0.3 is 9.29 Å². The molecule has 0 spiro atoms. The predicted octanol–water partition coefficient (Wildman–Crippen LogP) is 7.17. The van der Waals surface area contributed by atoms with Gasteiger partial charge in [-0.15, -0.1) is 18.3 Å². The van der Waals surface area contributed by atoms with Crippen molar-refractivity contribution in [2.45, 2.75) is 24.6 Å². The van der Waals surface area contributed by atoms with E-state index in [-0.39, 0.29) is 15.9 Å². The SMILES string of the molecule is Cc1nc(C(F)F)c(Cl)n1-c1ccc(-c2cccc(S(=O)O)c2)cc1-n1nncc1-c1ccc(OC(F)(F)F)cc1. The van der Waals surface area contributed by atoms with Gasteiger partial charge in [0.2, 0.25) is 0 Å². The highest BCUT2D eigenvalue weighted by atomic mass is 35.5. The van der Waals surface area contributed by atoms with Gasteiger partial charge in [0.1, 0.15) is 22.4 Å². The van der Waals surface area contributed by atoms with Crippen LogP contribution in [-0.2, 0) is 11.1 Å². The molecule has 212 valence electrons. The summed E-state index contributed by atoms with van der Waals surface area (Å²) in [6, 6.07) is 16.2. The van der Waals surface area contributed by atoms with E-state index >= 15 is 0 Å². The quantitative estimate of drug-likeness (QED) is 0.155. The molecule has 0 saturated carbocycles. The van der Waals surface area contributed by atoms with Gasteiger partial charge in [0.25, 0.3) is 6.43 Å². The fraction of sp³-hybridized carbons (Fsp3) is 0.115. The minimum atomic E-state index is -4.86. The number of aryl methyl sites for hydroxylation is 1. The number of imidazole rings is 1. The molecule has 3 aromatic carbocycles. The summed E-state index contributed by atoms with van der Waals surface area (Å²) in [5.41, 5.74) is 1.86. The van der Waals surface area contributed by atoms with Crippen LogP contribution in [0.1, 0.15) is 17.9 Å². The van der Waals surface area contributed by atoms with Crippen LogP contribution in [-0.4, -0.2) is 39.7 Å². The van der Waals surface area contributed by atoms with E-state index in [1.165, 1.54) is 46.6 Å². The third-order valence-electron chi connectivity index (χ3n) is 5.97. The van der Waals surface area contributed by atoms with E-state index in [2.05, 4.69) is 20.0 Å². The Kier molecular flexibility index (Phi) is 7.64. The van der Waals surface area contributed by atoms with Crippen molar-refractivity contribution in [2.75, 3.05) is 0 Å². The minimum Gasteiger partial charge on any atom is -0.406 e. The van der Waals surface area contributed by atoms with E-state index in [4.69, 9.17) is 11.6 Å². The van der Waals surface area contributed by atoms with Crippen LogP contribution in [0.4, 0.5) is 22.0 Å². The largest absolute Gasteiger partial charge is 0.573 e. The Balaban J connectivity index is 1.69. The molecule has 5 rings (SSSR count). The maximum Gasteiger partial charge on any atom is 0.573 e. The average Bonchev–Trinajstić information content (AvgIpc) is 3.52. The lowest BCUT2D eigenvalue weighted by atomic mass is 10.0. The number of halogens is 6. The second-order valence-electron chi connectivity index (χ2n) is 8.55. The molecule has 5 aromatic rings. The molecule has 0 aliphatic carbocycles. The van der Waals surface area contributed by atoms with E-state index in [9.17, 15) is 30.7 Å². The molecule has 0 aliphatic rings. The molecule has 2 heterocycles. The van der Waals surface area contributed by atoms with Crippen molar-refractivity contribution >= 4 is 22.7 Å². The molecule has 0 saturated heterocycles. The average molecular weight is 610 g/mol. The fourth-order valence-electron chi connectivity index (χ4n) is 4.23. The maximum atomic E-state index is 13.6. The van der Waals surface area contributed by atoms with Crippen molar-refractivity contribution in [3.05, 3.63) is 89.6 Å². The Labute approximate surface area is 236 Å². The molecule has 2 aromatic heterocycles. The standard InChI is InChI=1S/C26H17ClF5N5O3S/c1-14-34-23(25(28)29)24(27)36(14)20-10-7-17(16-3-2-4-19(11-16)41(38)39)12-21(20)37-22(13-33-35-37)15-5-8-18(9-6-15)40-26(30,31)32/h2-13,25H,1H3,(H,38,39). The van der Waals surface area contributed by atoms with E-state index in [0.717, 1.165) is 12.1 Å². The van der Waals surface area contributed by atoms with Crippen molar-refractivity contribution in [3.63, 3.8) is 0 Å². The molecule has 0 radical (unpaired) electrons. The number of hydrogen-bond acceptors (Lipinski definition) is 5. The Morgan fingerprint density at radius 1 is 0.976 bits per heavy atom. The summed E-state index contributed by atoms with van der Waals surface area (Å²) in [5, 5.41) is 7.79. The second kappa shape index (κ2) is 11.0. The number of nitrogens with zero attached hydrogens (tertiary/aromatic N) is 5. The first-order valence-corrected chi connectivity index (χ1v) is 13.1. The fourth-order valence-corrected chi connectivity index (χ4v) is 4.99. The first-order valence-electron chi connectivity index (χ1n) is 11.6. The highest BCUT2D eigenvalue weighted by molar-refractivity contribution is 7.79. The number of aromatic nitrogens is 5. The molecule has 15 heteroatoms. The van der Waals surface area contributed by atoms with Crippen LogP contribution in [0.3, 0.4) is 0 Å². The van der Waals surface area contributed by atoms with Gasteiger partial charge >= 0.3 is 6.36 Å². The third-order valence-corrected chi connectivity index (χ3v) is 6.99. The van der Waals surface area contributed by atoms with E-state index < -0.39 is 35.3 Å². The van der Waals surface area contributed by atoms with Crippen molar-refractivity contribution in [1.29, 1.82) is 0 Å². The normalized spacial score (nSPS) is 12.6. The van der Waals surface area contributed by atoms with Gasteiger partial charge in [0.05, 0.1) is 28.2 Å². The minimum absolute atomic E-state index is 0.158. The van der Waals surface area contributed by atoms with Crippen molar-refractivity contribution in [3.8, 4) is 39.5 Å². The van der Waals surface area contributed by atoms with Gasteiger partial charge in [-0.3, -0.25) is 4.57 Å². The van der Waals surface area contributed by atoms with Gasteiger partial charge in [0.15, 0.2) is 11.1 Å². The Hall–Kier alpha value is -4.14. The van der Waals surface area contributed by atoms with Crippen molar-refractivity contribution in [1.82, 2.24) is 24.5 Å². The molecule has 0 amide bonds. The lowest BCUT2D eigenvalue weighted by Gasteiger charge is -2.17. The van der Waals surface area contributed by atoms with Gasteiger partial charge in [-0.05, 0) is 66.6 Å². The monoisotopic (exact) mass is 609 g/mol. The summed E-state index contributed by atoms with van der Waals surface area (Å²) in [6.07, 6.45) is -6.43. The molecule has 0 aliphatic heterocycles. The number of hydrogen-bond donors (Lipinski definition) is 1. The summed E-state index contributed by atoms with van der Waals surface area (Å²) < 4.78 is 92.9. The van der Waals surface area contributed by atoms with Crippen LogP contribution in [0.5, 0.6) is 5.75 Å². The lowest BCUT2D eigenvalue weighted by molar-refractivity contribution is -0.274. The molecule has 0 bridgehead atoms. The van der Waals surface area contributed by atoms with Gasteiger partial charge in [-0.1, -0.05) is 35.0 Å². The first kappa shape index (κ1) is 28.4. The summed E-state index contributed by atoms with van der Waals surface area (Å²) in [4.78, 5) is 4.07. The molecular weight excluding hydrogens is 593 g/mol. The van der Waals surface area contributed by atoms with Crippen LogP contribution in [0, 0.1) is 6.92 Å².